The molecule has 0 spiro atoms. The monoisotopic (exact) mass is 477 g/mol. The molecule has 1 saturated carbocycles. The molecule has 2 saturated heterocycles. The normalized spacial score (nSPS) is 28.3. The third-order valence-electron chi connectivity index (χ3n) is 7.85. The quantitative estimate of drug-likeness (QED) is 0.598. The van der Waals surface area contributed by atoms with Crippen LogP contribution in [0.4, 0.5) is 0 Å². The van der Waals surface area contributed by atoms with Crippen molar-refractivity contribution in [1.29, 1.82) is 0 Å². The zero-order valence-electron chi connectivity index (χ0n) is 19.4. The summed E-state index contributed by atoms with van der Waals surface area (Å²) in [4.78, 5) is 53.3. The first kappa shape index (κ1) is 21.9. The number of imide groups is 1. The molecule has 3 aliphatic heterocycles. The number of hydrogen-bond donors (Lipinski definition) is 2. The number of aromatic nitrogens is 3. The maximum absolute atomic E-state index is 12.9. The topological polar surface area (TPSA) is 130 Å². The number of likely N-dealkylation sites (tertiary alicyclic amines) is 1. The molecule has 4 aliphatic rings. The third kappa shape index (κ3) is 3.79. The number of hydrogen-bond acceptors (Lipinski definition) is 7. The Morgan fingerprint density at radius 2 is 2.00 bits per heavy atom. The van der Waals surface area contributed by atoms with Gasteiger partial charge in [-0.3, -0.25) is 24.5 Å². The smallest absolute Gasteiger partial charge is 0.273 e. The van der Waals surface area contributed by atoms with Crippen molar-refractivity contribution >= 4 is 23.6 Å². The summed E-state index contributed by atoms with van der Waals surface area (Å²) in [6, 6.07) is 4.78. The lowest BCUT2D eigenvalue weighted by Crippen LogP contribution is -2.52. The molecule has 4 amide bonds. The summed E-state index contributed by atoms with van der Waals surface area (Å²) in [6.45, 7) is 2.37. The van der Waals surface area contributed by atoms with E-state index in [1.165, 1.54) is 9.58 Å². The van der Waals surface area contributed by atoms with Crippen molar-refractivity contribution in [2.24, 2.45) is 11.8 Å². The van der Waals surface area contributed by atoms with E-state index in [-0.39, 0.29) is 42.4 Å². The molecule has 182 valence electrons. The van der Waals surface area contributed by atoms with E-state index in [0.717, 1.165) is 31.5 Å². The summed E-state index contributed by atoms with van der Waals surface area (Å²) in [7, 11) is 2.12. The zero-order chi connectivity index (χ0) is 24.3. The summed E-state index contributed by atoms with van der Waals surface area (Å²) in [5, 5.41) is 13.7. The number of carbonyl (C=O) groups excluding carboxylic acids is 4. The minimum atomic E-state index is -0.660. The van der Waals surface area contributed by atoms with Gasteiger partial charge < -0.3 is 15.1 Å². The van der Waals surface area contributed by atoms with Gasteiger partial charge in [-0.15, -0.1) is 5.10 Å². The lowest BCUT2D eigenvalue weighted by atomic mass is 9.98. The largest absolute Gasteiger partial charge is 0.348 e. The molecule has 6 rings (SSSR count). The second kappa shape index (κ2) is 8.26. The zero-order valence-corrected chi connectivity index (χ0v) is 19.4. The Labute approximate surface area is 201 Å². The first-order valence-electron chi connectivity index (χ1n) is 12.1. The van der Waals surface area contributed by atoms with Gasteiger partial charge >= 0.3 is 0 Å². The van der Waals surface area contributed by atoms with Crippen LogP contribution < -0.4 is 10.6 Å². The fraction of sp³-hybridized carbons (Fsp3) is 0.500. The van der Waals surface area contributed by atoms with Crippen LogP contribution in [0.25, 0.3) is 5.69 Å². The highest BCUT2D eigenvalue weighted by Gasteiger charge is 2.42. The first-order chi connectivity index (χ1) is 16.9. The predicted octanol–water partition coefficient (Wildman–Crippen LogP) is 0.0983. The summed E-state index contributed by atoms with van der Waals surface area (Å²) in [5.74, 6) is -0.0706. The Hall–Kier alpha value is -3.60. The standard InChI is InChI=1S/C24H27N7O4/c1-29-9-13-2-5-18(17(13)11-29)25-22(33)19-12-31(28-27-19)15-3-4-16-14(8-15)10-30(24(16)35)20-6-7-21(32)26-23(20)34/h3-4,8,12-13,17-18,20H,2,5-7,9-11H2,1H3,(H,25,33)(H,26,32,34). The predicted molar refractivity (Wildman–Crippen MR) is 122 cm³/mol. The van der Waals surface area contributed by atoms with Gasteiger partial charge in [0, 0.05) is 37.7 Å². The molecule has 1 aliphatic carbocycles. The minimum Gasteiger partial charge on any atom is -0.348 e. The van der Waals surface area contributed by atoms with E-state index in [1.54, 1.807) is 18.3 Å². The SMILES string of the molecule is CN1CC2CCC(NC(=O)c3cn(-c4ccc5c(c4)CN(C4CCC(=O)NC4=O)C5=O)nn3)C2C1. The van der Waals surface area contributed by atoms with Crippen molar-refractivity contribution < 1.29 is 19.2 Å². The van der Waals surface area contributed by atoms with Crippen molar-refractivity contribution in [3.05, 3.63) is 41.2 Å². The van der Waals surface area contributed by atoms with Gasteiger partial charge in [0.05, 0.1) is 11.9 Å². The van der Waals surface area contributed by atoms with Gasteiger partial charge in [-0.25, -0.2) is 4.68 Å². The molecule has 2 aromatic rings. The summed E-state index contributed by atoms with van der Waals surface area (Å²) >= 11 is 0. The van der Waals surface area contributed by atoms with E-state index in [9.17, 15) is 19.2 Å². The number of nitrogens with one attached hydrogen (secondary N) is 2. The van der Waals surface area contributed by atoms with Crippen LogP contribution in [0.15, 0.2) is 24.4 Å². The Bertz CT molecular complexity index is 1240. The molecule has 0 radical (unpaired) electrons. The molecule has 1 aromatic heterocycles. The maximum atomic E-state index is 12.9. The molecule has 2 N–H and O–H groups in total. The van der Waals surface area contributed by atoms with Crippen LogP contribution in [-0.2, 0) is 16.1 Å². The van der Waals surface area contributed by atoms with Crippen LogP contribution in [-0.4, -0.2) is 80.6 Å². The van der Waals surface area contributed by atoms with Gasteiger partial charge in [-0.1, -0.05) is 5.21 Å². The highest BCUT2D eigenvalue weighted by molar-refractivity contribution is 6.05. The highest BCUT2D eigenvalue weighted by atomic mass is 16.2. The Kier molecular flexibility index (Phi) is 5.17. The third-order valence-corrected chi connectivity index (χ3v) is 7.85. The van der Waals surface area contributed by atoms with E-state index < -0.39 is 11.9 Å². The van der Waals surface area contributed by atoms with E-state index in [1.807, 2.05) is 6.07 Å². The van der Waals surface area contributed by atoms with E-state index in [4.69, 9.17) is 0 Å². The van der Waals surface area contributed by atoms with Gasteiger partial charge in [0.2, 0.25) is 11.8 Å². The molecule has 11 heteroatoms. The minimum absolute atomic E-state index is 0.159. The molecule has 35 heavy (non-hydrogen) atoms. The summed E-state index contributed by atoms with van der Waals surface area (Å²) in [6.07, 6.45) is 4.25. The lowest BCUT2D eigenvalue weighted by Gasteiger charge is -2.29. The fourth-order valence-electron chi connectivity index (χ4n) is 6.11. The van der Waals surface area contributed by atoms with Crippen LogP contribution in [0.3, 0.4) is 0 Å². The number of carbonyl (C=O) groups is 4. The van der Waals surface area contributed by atoms with Gasteiger partial charge in [0.1, 0.15) is 6.04 Å². The van der Waals surface area contributed by atoms with E-state index in [0.29, 0.717) is 29.5 Å². The van der Waals surface area contributed by atoms with Crippen LogP contribution in [0.5, 0.6) is 0 Å². The Morgan fingerprint density at radius 1 is 1.14 bits per heavy atom. The van der Waals surface area contributed by atoms with Crippen LogP contribution in [0, 0.1) is 11.8 Å². The second-order valence-corrected chi connectivity index (χ2v) is 10.1. The van der Waals surface area contributed by atoms with Gasteiger partial charge in [-0.05, 0) is 61.9 Å². The average molecular weight is 478 g/mol. The molecule has 3 fully saturated rings. The first-order valence-corrected chi connectivity index (χ1v) is 12.1. The summed E-state index contributed by atoms with van der Waals surface area (Å²) in [5.41, 5.74) is 2.21. The molecular formula is C24H27N7O4. The molecule has 11 nitrogen and oxygen atoms in total. The number of rotatable bonds is 4. The van der Waals surface area contributed by atoms with E-state index >= 15 is 0 Å². The summed E-state index contributed by atoms with van der Waals surface area (Å²) < 4.78 is 1.52. The van der Waals surface area contributed by atoms with Crippen LogP contribution in [0.2, 0.25) is 0 Å². The average Bonchev–Trinajstić information content (AvgIpc) is 3.59. The van der Waals surface area contributed by atoms with Crippen molar-refractivity contribution in [3.8, 4) is 5.69 Å². The number of nitrogens with zero attached hydrogens (tertiary/aromatic N) is 5. The second-order valence-electron chi connectivity index (χ2n) is 10.1. The van der Waals surface area contributed by atoms with Crippen molar-refractivity contribution in [2.45, 2.75) is 44.3 Å². The Balaban J connectivity index is 1.15. The Morgan fingerprint density at radius 3 is 2.83 bits per heavy atom. The van der Waals surface area contributed by atoms with Gasteiger partial charge in [0.25, 0.3) is 11.8 Å². The highest BCUT2D eigenvalue weighted by Crippen LogP contribution is 2.37. The van der Waals surface area contributed by atoms with Gasteiger partial charge in [0.15, 0.2) is 5.69 Å². The molecule has 0 bridgehead atoms. The van der Waals surface area contributed by atoms with Crippen molar-refractivity contribution in [3.63, 3.8) is 0 Å². The molecular weight excluding hydrogens is 450 g/mol. The number of piperidine rings is 1. The van der Waals surface area contributed by atoms with E-state index in [2.05, 4.69) is 32.9 Å². The lowest BCUT2D eigenvalue weighted by molar-refractivity contribution is -0.136. The number of fused-ring (bicyclic) bond motifs is 2. The number of benzene rings is 1. The van der Waals surface area contributed by atoms with Gasteiger partial charge in [-0.2, -0.15) is 0 Å². The number of amides is 4. The van der Waals surface area contributed by atoms with Crippen LogP contribution in [0.1, 0.15) is 52.1 Å². The molecule has 4 unspecified atom stereocenters. The molecule has 4 heterocycles. The molecule has 1 aromatic carbocycles. The molecule has 4 atom stereocenters. The van der Waals surface area contributed by atoms with Crippen LogP contribution >= 0.6 is 0 Å². The van der Waals surface area contributed by atoms with Crippen molar-refractivity contribution in [2.75, 3.05) is 20.1 Å². The van der Waals surface area contributed by atoms with Crippen molar-refractivity contribution in [1.82, 2.24) is 35.4 Å². The maximum Gasteiger partial charge on any atom is 0.273 e. The fourth-order valence-corrected chi connectivity index (χ4v) is 6.11.